The minimum absolute atomic E-state index is 0.0129. The van der Waals surface area contributed by atoms with Crippen LogP contribution in [0.2, 0.25) is 0 Å². The summed E-state index contributed by atoms with van der Waals surface area (Å²) in [5.74, 6) is -0.153. The Kier molecular flexibility index (Phi) is 3.82. The molecule has 1 heterocycles. The molecule has 0 fully saturated rings. The second-order valence-corrected chi connectivity index (χ2v) is 5.98. The first-order valence-electron chi connectivity index (χ1n) is 8.19. The number of para-hydroxylation sites is 1. The molecule has 0 spiro atoms. The Morgan fingerprint density at radius 1 is 0.800 bits per heavy atom. The maximum atomic E-state index is 13.0. The number of carbonyl (C=O) groups excluding carboxylic acids is 1. The molecule has 4 rings (SSSR count). The summed E-state index contributed by atoms with van der Waals surface area (Å²) in [6.45, 7) is 0.509. The lowest BCUT2D eigenvalue weighted by Crippen LogP contribution is -2.02. The van der Waals surface area contributed by atoms with Crippen LogP contribution < -0.4 is 0 Å². The molecule has 0 aliphatic rings. The van der Waals surface area contributed by atoms with Gasteiger partial charge in [-0.15, -0.1) is 0 Å². The maximum absolute atomic E-state index is 13.0. The van der Waals surface area contributed by atoms with Crippen LogP contribution >= 0.6 is 0 Å². The summed E-state index contributed by atoms with van der Waals surface area (Å²) in [4.78, 5) is 13.0. The fourth-order valence-corrected chi connectivity index (χ4v) is 3.17. The van der Waals surface area contributed by atoms with Crippen LogP contribution in [-0.2, 0) is 6.54 Å². The zero-order valence-electron chi connectivity index (χ0n) is 13.6. The van der Waals surface area contributed by atoms with Crippen molar-refractivity contribution in [1.29, 1.82) is 0 Å². The van der Waals surface area contributed by atoms with Crippen LogP contribution in [0.15, 0.2) is 84.9 Å². The standard InChI is InChI=1S/C22H17NO2/c24-21(17-11-5-2-6-12-17)20-18-13-7-8-14-19(18)23(22(20)25)15-16-9-3-1-4-10-16/h1-14,25H,15H2. The van der Waals surface area contributed by atoms with Crippen molar-refractivity contribution < 1.29 is 9.90 Å². The Hall–Kier alpha value is -3.33. The molecule has 0 radical (unpaired) electrons. The normalized spacial score (nSPS) is 10.9. The summed E-state index contributed by atoms with van der Waals surface area (Å²) in [7, 11) is 0. The van der Waals surface area contributed by atoms with E-state index in [4.69, 9.17) is 0 Å². The zero-order chi connectivity index (χ0) is 17.2. The molecular formula is C22H17NO2. The zero-order valence-corrected chi connectivity index (χ0v) is 13.6. The molecule has 0 atom stereocenters. The van der Waals surface area contributed by atoms with Gasteiger partial charge >= 0.3 is 0 Å². The molecule has 0 amide bonds. The highest BCUT2D eigenvalue weighted by atomic mass is 16.3. The van der Waals surface area contributed by atoms with Crippen molar-refractivity contribution in [3.05, 3.63) is 102 Å². The van der Waals surface area contributed by atoms with Crippen LogP contribution in [0, 0.1) is 0 Å². The number of rotatable bonds is 4. The SMILES string of the molecule is O=C(c1ccccc1)c1c(O)n(Cc2ccccc2)c2ccccc12. The summed E-state index contributed by atoms with van der Waals surface area (Å²) >= 11 is 0. The van der Waals surface area contributed by atoms with Crippen LogP contribution in [0.3, 0.4) is 0 Å². The second kappa shape index (κ2) is 6.29. The largest absolute Gasteiger partial charge is 0.494 e. The van der Waals surface area contributed by atoms with Gasteiger partial charge in [0.25, 0.3) is 0 Å². The third-order valence-electron chi connectivity index (χ3n) is 4.39. The molecule has 0 aliphatic carbocycles. The first-order chi connectivity index (χ1) is 12.3. The van der Waals surface area contributed by atoms with Gasteiger partial charge in [0.05, 0.1) is 17.6 Å². The van der Waals surface area contributed by atoms with Crippen molar-refractivity contribution in [2.24, 2.45) is 0 Å². The molecule has 0 unspecified atom stereocenters. The smallest absolute Gasteiger partial charge is 0.203 e. The first-order valence-corrected chi connectivity index (χ1v) is 8.19. The summed E-state index contributed by atoms with van der Waals surface area (Å²) < 4.78 is 1.79. The molecule has 4 aromatic rings. The number of fused-ring (bicyclic) bond motifs is 1. The topological polar surface area (TPSA) is 42.2 Å². The van der Waals surface area contributed by atoms with Crippen LogP contribution in [0.25, 0.3) is 10.9 Å². The number of benzene rings is 3. The average Bonchev–Trinajstić information content (AvgIpc) is 2.95. The predicted octanol–water partition coefficient (Wildman–Crippen LogP) is 4.63. The Balaban J connectivity index is 1.88. The summed E-state index contributed by atoms with van der Waals surface area (Å²) in [5.41, 5.74) is 2.85. The molecule has 0 aliphatic heterocycles. The van der Waals surface area contributed by atoms with E-state index < -0.39 is 0 Å². The molecule has 3 aromatic carbocycles. The Morgan fingerprint density at radius 3 is 2.12 bits per heavy atom. The molecule has 0 saturated carbocycles. The molecule has 1 aromatic heterocycles. The Morgan fingerprint density at radius 2 is 1.40 bits per heavy atom. The number of hydrogen-bond donors (Lipinski definition) is 1. The molecule has 0 saturated heterocycles. The number of aromatic hydroxyl groups is 1. The molecular weight excluding hydrogens is 310 g/mol. The lowest BCUT2D eigenvalue weighted by atomic mass is 10.0. The monoisotopic (exact) mass is 327 g/mol. The van der Waals surface area contributed by atoms with Gasteiger partial charge in [-0.2, -0.15) is 0 Å². The minimum atomic E-state index is -0.166. The number of hydrogen-bond acceptors (Lipinski definition) is 2. The van der Waals surface area contributed by atoms with Crippen molar-refractivity contribution in [2.75, 3.05) is 0 Å². The molecule has 0 bridgehead atoms. The Bertz CT molecular complexity index is 1030. The van der Waals surface area contributed by atoms with Crippen molar-refractivity contribution in [3.8, 4) is 5.88 Å². The molecule has 122 valence electrons. The van der Waals surface area contributed by atoms with Crippen LogP contribution in [0.1, 0.15) is 21.5 Å². The summed E-state index contributed by atoms with van der Waals surface area (Å²) in [6.07, 6.45) is 0. The van der Waals surface area contributed by atoms with E-state index in [0.29, 0.717) is 17.7 Å². The highest BCUT2D eigenvalue weighted by molar-refractivity contribution is 6.18. The molecule has 25 heavy (non-hydrogen) atoms. The van der Waals surface area contributed by atoms with Crippen LogP contribution in [0.4, 0.5) is 0 Å². The number of nitrogens with zero attached hydrogens (tertiary/aromatic N) is 1. The number of carbonyl (C=O) groups is 1. The molecule has 3 nitrogen and oxygen atoms in total. The van der Waals surface area contributed by atoms with E-state index in [1.165, 1.54) is 0 Å². The number of aromatic nitrogens is 1. The predicted molar refractivity (Wildman–Crippen MR) is 99.0 cm³/mol. The van der Waals surface area contributed by atoms with Gasteiger partial charge in [-0.25, -0.2) is 0 Å². The third-order valence-corrected chi connectivity index (χ3v) is 4.39. The third kappa shape index (κ3) is 2.70. The average molecular weight is 327 g/mol. The van der Waals surface area contributed by atoms with E-state index in [-0.39, 0.29) is 11.7 Å². The fraction of sp³-hybridized carbons (Fsp3) is 0.0455. The van der Waals surface area contributed by atoms with Gasteiger partial charge in [0.15, 0.2) is 5.78 Å². The van der Waals surface area contributed by atoms with E-state index >= 15 is 0 Å². The first kappa shape index (κ1) is 15.2. The van der Waals surface area contributed by atoms with Crippen molar-refractivity contribution in [2.45, 2.75) is 6.54 Å². The van der Waals surface area contributed by atoms with E-state index in [1.807, 2.05) is 72.8 Å². The molecule has 3 heteroatoms. The fourth-order valence-electron chi connectivity index (χ4n) is 3.17. The quantitative estimate of drug-likeness (QED) is 0.555. The van der Waals surface area contributed by atoms with Crippen molar-refractivity contribution in [1.82, 2.24) is 4.57 Å². The van der Waals surface area contributed by atoms with E-state index in [9.17, 15) is 9.90 Å². The highest BCUT2D eigenvalue weighted by Crippen LogP contribution is 2.33. The van der Waals surface area contributed by atoms with Gasteiger partial charge in [0, 0.05) is 10.9 Å². The Labute approximate surface area is 145 Å². The second-order valence-electron chi connectivity index (χ2n) is 5.98. The van der Waals surface area contributed by atoms with E-state index in [0.717, 1.165) is 16.5 Å². The summed E-state index contributed by atoms with van der Waals surface area (Å²) in [6, 6.07) is 26.6. The number of ketones is 1. The van der Waals surface area contributed by atoms with Gasteiger partial charge in [-0.3, -0.25) is 4.79 Å². The van der Waals surface area contributed by atoms with Gasteiger partial charge < -0.3 is 9.67 Å². The van der Waals surface area contributed by atoms with Crippen LogP contribution in [0.5, 0.6) is 5.88 Å². The molecule has 1 N–H and O–H groups in total. The van der Waals surface area contributed by atoms with E-state index in [2.05, 4.69) is 0 Å². The van der Waals surface area contributed by atoms with E-state index in [1.54, 1.807) is 16.7 Å². The van der Waals surface area contributed by atoms with Gasteiger partial charge in [-0.1, -0.05) is 78.9 Å². The van der Waals surface area contributed by atoms with Crippen molar-refractivity contribution >= 4 is 16.7 Å². The van der Waals surface area contributed by atoms with Gasteiger partial charge in [0.2, 0.25) is 5.88 Å². The van der Waals surface area contributed by atoms with Gasteiger partial charge in [-0.05, 0) is 11.6 Å². The van der Waals surface area contributed by atoms with Crippen LogP contribution in [-0.4, -0.2) is 15.5 Å². The minimum Gasteiger partial charge on any atom is -0.494 e. The van der Waals surface area contributed by atoms with Crippen molar-refractivity contribution in [3.63, 3.8) is 0 Å². The highest BCUT2D eigenvalue weighted by Gasteiger charge is 2.23. The lowest BCUT2D eigenvalue weighted by Gasteiger charge is -2.07. The maximum Gasteiger partial charge on any atom is 0.203 e. The van der Waals surface area contributed by atoms with Gasteiger partial charge in [0.1, 0.15) is 0 Å². The summed E-state index contributed by atoms with van der Waals surface area (Å²) in [5, 5.41) is 11.6. The lowest BCUT2D eigenvalue weighted by molar-refractivity contribution is 0.103.